The first-order chi connectivity index (χ1) is 8.80. The molecule has 0 saturated heterocycles. The van der Waals surface area contributed by atoms with Gasteiger partial charge in [-0.25, -0.2) is 0 Å². The van der Waals surface area contributed by atoms with Crippen LogP contribution >= 0.6 is 0 Å². The summed E-state index contributed by atoms with van der Waals surface area (Å²) >= 11 is 0. The van der Waals surface area contributed by atoms with Gasteiger partial charge in [-0.3, -0.25) is 5.41 Å². The molecule has 1 aromatic rings. The Morgan fingerprint density at radius 2 is 1.95 bits per heavy atom. The van der Waals surface area contributed by atoms with E-state index in [-0.39, 0.29) is 11.3 Å². The Morgan fingerprint density at radius 1 is 1.26 bits per heavy atom. The van der Waals surface area contributed by atoms with Crippen molar-refractivity contribution in [2.24, 2.45) is 5.73 Å². The topological polar surface area (TPSA) is 59.1 Å². The highest BCUT2D eigenvalue weighted by molar-refractivity contribution is 5.76. The van der Waals surface area contributed by atoms with Crippen LogP contribution in [0.3, 0.4) is 0 Å². The van der Waals surface area contributed by atoms with Crippen LogP contribution in [0.5, 0.6) is 5.75 Å². The minimum atomic E-state index is 0.0857. The van der Waals surface area contributed by atoms with Gasteiger partial charge in [0.15, 0.2) is 0 Å². The van der Waals surface area contributed by atoms with Gasteiger partial charge in [0.1, 0.15) is 5.75 Å². The molecule has 0 amide bonds. The van der Waals surface area contributed by atoms with E-state index in [1.165, 1.54) is 11.1 Å². The molecule has 0 radical (unpaired) electrons. The number of aryl methyl sites for hydroxylation is 1. The highest BCUT2D eigenvalue weighted by Crippen LogP contribution is 2.32. The molecule has 19 heavy (non-hydrogen) atoms. The highest BCUT2D eigenvalue weighted by atomic mass is 16.5. The largest absolute Gasteiger partial charge is 0.493 e. The van der Waals surface area contributed by atoms with Crippen LogP contribution in [-0.4, -0.2) is 12.4 Å². The lowest BCUT2D eigenvalue weighted by Crippen LogP contribution is -2.14. The van der Waals surface area contributed by atoms with Crippen molar-refractivity contribution in [3.8, 4) is 5.75 Å². The summed E-state index contributed by atoms with van der Waals surface area (Å²) in [5.41, 5.74) is 7.87. The van der Waals surface area contributed by atoms with Crippen molar-refractivity contribution in [2.75, 3.05) is 6.61 Å². The van der Waals surface area contributed by atoms with E-state index in [4.69, 9.17) is 15.9 Å². The lowest BCUT2D eigenvalue weighted by molar-refractivity contribution is 0.299. The van der Waals surface area contributed by atoms with E-state index < -0.39 is 0 Å². The molecule has 0 saturated carbocycles. The van der Waals surface area contributed by atoms with Crippen molar-refractivity contribution in [3.63, 3.8) is 0 Å². The zero-order chi connectivity index (χ0) is 14.5. The van der Waals surface area contributed by atoms with Crippen molar-refractivity contribution >= 4 is 5.84 Å². The molecule has 1 rings (SSSR count). The molecule has 0 bridgehead atoms. The molecule has 3 N–H and O–H groups in total. The zero-order valence-corrected chi connectivity index (χ0v) is 12.5. The molecular weight excluding hydrogens is 236 g/mol. The second kappa shape index (κ2) is 6.60. The maximum atomic E-state index is 7.17. The number of hydrogen-bond acceptors (Lipinski definition) is 2. The van der Waals surface area contributed by atoms with Crippen LogP contribution in [0, 0.1) is 12.3 Å². The van der Waals surface area contributed by atoms with Crippen LogP contribution in [0.4, 0.5) is 0 Å². The predicted molar refractivity (Wildman–Crippen MR) is 81.1 cm³/mol. The second-order valence-electron chi connectivity index (χ2n) is 6.08. The van der Waals surface area contributed by atoms with Gasteiger partial charge in [0.25, 0.3) is 0 Å². The number of rotatable bonds is 6. The van der Waals surface area contributed by atoms with E-state index in [2.05, 4.69) is 45.9 Å². The number of hydrogen-bond donors (Lipinski definition) is 2. The number of amidine groups is 1. The molecule has 0 aliphatic rings. The van der Waals surface area contributed by atoms with Gasteiger partial charge in [-0.2, -0.15) is 0 Å². The lowest BCUT2D eigenvalue weighted by atomic mass is 9.86. The molecule has 3 nitrogen and oxygen atoms in total. The number of nitrogens with one attached hydrogen (secondary N) is 1. The van der Waals surface area contributed by atoms with Crippen LogP contribution in [0.1, 0.15) is 51.2 Å². The van der Waals surface area contributed by atoms with Gasteiger partial charge in [-0.15, -0.1) is 0 Å². The maximum Gasteiger partial charge on any atom is 0.123 e. The van der Waals surface area contributed by atoms with E-state index in [9.17, 15) is 0 Å². The van der Waals surface area contributed by atoms with E-state index in [1.54, 1.807) is 0 Å². The van der Waals surface area contributed by atoms with Gasteiger partial charge in [-0.05, 0) is 42.4 Å². The first-order valence-electron chi connectivity index (χ1n) is 6.87. The molecule has 0 fully saturated rings. The fourth-order valence-electron chi connectivity index (χ4n) is 1.97. The summed E-state index contributed by atoms with van der Waals surface area (Å²) in [5, 5.41) is 7.17. The smallest absolute Gasteiger partial charge is 0.123 e. The Morgan fingerprint density at radius 3 is 2.53 bits per heavy atom. The molecule has 0 atom stereocenters. The zero-order valence-electron chi connectivity index (χ0n) is 12.5. The average molecular weight is 262 g/mol. The quantitative estimate of drug-likeness (QED) is 0.465. The van der Waals surface area contributed by atoms with Crippen LogP contribution in [0.15, 0.2) is 18.2 Å². The van der Waals surface area contributed by atoms with Crippen molar-refractivity contribution in [2.45, 2.75) is 52.4 Å². The maximum absolute atomic E-state index is 7.17. The number of unbranched alkanes of at least 4 members (excludes halogenated alkanes) is 1. The summed E-state index contributed by atoms with van der Waals surface area (Å²) in [5.74, 6) is 1.24. The number of benzene rings is 1. The number of ether oxygens (including phenoxy) is 1. The fraction of sp³-hybridized carbons (Fsp3) is 0.562. The van der Waals surface area contributed by atoms with Gasteiger partial charge in [0.2, 0.25) is 0 Å². The molecule has 0 heterocycles. The fourth-order valence-corrected chi connectivity index (χ4v) is 1.97. The summed E-state index contributed by atoms with van der Waals surface area (Å²) < 4.78 is 5.91. The predicted octanol–water partition coefficient (Wildman–Crippen LogP) is 3.78. The van der Waals surface area contributed by atoms with Crippen LogP contribution < -0.4 is 10.5 Å². The Bertz CT molecular complexity index is 433. The van der Waals surface area contributed by atoms with E-state index in [0.29, 0.717) is 13.0 Å². The third-order valence-electron chi connectivity index (χ3n) is 3.04. The molecule has 106 valence electrons. The first kappa shape index (κ1) is 15.5. The van der Waals surface area contributed by atoms with Gasteiger partial charge >= 0.3 is 0 Å². The Balaban J connectivity index is 2.61. The van der Waals surface area contributed by atoms with E-state index in [0.717, 1.165) is 18.6 Å². The van der Waals surface area contributed by atoms with Crippen molar-refractivity contribution < 1.29 is 4.74 Å². The molecule has 0 aliphatic heterocycles. The standard InChI is InChI=1S/C16H26N2O/c1-12-8-9-13(16(2,3)4)14(11-12)19-10-6-5-7-15(17)18/h8-9,11H,5-7,10H2,1-4H3,(H3,17,18). The Kier molecular flexibility index (Phi) is 5.40. The van der Waals surface area contributed by atoms with Crippen molar-refractivity contribution in [1.82, 2.24) is 0 Å². The van der Waals surface area contributed by atoms with Gasteiger partial charge in [-0.1, -0.05) is 32.9 Å². The lowest BCUT2D eigenvalue weighted by Gasteiger charge is -2.23. The van der Waals surface area contributed by atoms with Crippen LogP contribution in [0.25, 0.3) is 0 Å². The van der Waals surface area contributed by atoms with Crippen molar-refractivity contribution in [1.29, 1.82) is 5.41 Å². The molecule has 1 aromatic carbocycles. The normalized spacial score (nSPS) is 11.4. The van der Waals surface area contributed by atoms with Crippen molar-refractivity contribution in [3.05, 3.63) is 29.3 Å². The molecule has 3 heteroatoms. The third-order valence-corrected chi connectivity index (χ3v) is 3.04. The molecule has 0 aromatic heterocycles. The summed E-state index contributed by atoms with van der Waals surface area (Å²) in [7, 11) is 0. The average Bonchev–Trinajstić information content (AvgIpc) is 2.26. The first-order valence-corrected chi connectivity index (χ1v) is 6.87. The van der Waals surface area contributed by atoms with Gasteiger partial charge in [0.05, 0.1) is 12.4 Å². The Labute approximate surface area is 116 Å². The summed E-state index contributed by atoms with van der Waals surface area (Å²) in [6.45, 7) is 9.34. The monoisotopic (exact) mass is 262 g/mol. The SMILES string of the molecule is Cc1ccc(C(C)(C)C)c(OCCCCC(=N)N)c1. The van der Waals surface area contributed by atoms with E-state index in [1.807, 2.05) is 0 Å². The summed E-state index contributed by atoms with van der Waals surface area (Å²) in [4.78, 5) is 0. The highest BCUT2D eigenvalue weighted by Gasteiger charge is 2.18. The number of nitrogens with two attached hydrogens (primary N) is 1. The second-order valence-corrected chi connectivity index (χ2v) is 6.08. The minimum absolute atomic E-state index is 0.0857. The molecule has 0 unspecified atom stereocenters. The van der Waals surface area contributed by atoms with Gasteiger partial charge < -0.3 is 10.5 Å². The molecule has 0 aliphatic carbocycles. The van der Waals surface area contributed by atoms with Gasteiger partial charge in [0, 0.05) is 6.42 Å². The van der Waals surface area contributed by atoms with Crippen LogP contribution in [0.2, 0.25) is 0 Å². The Hall–Kier alpha value is -1.51. The third kappa shape index (κ3) is 5.33. The molecular formula is C16H26N2O. The van der Waals surface area contributed by atoms with E-state index >= 15 is 0 Å². The summed E-state index contributed by atoms with van der Waals surface area (Å²) in [6.07, 6.45) is 2.49. The minimum Gasteiger partial charge on any atom is -0.493 e. The summed E-state index contributed by atoms with van der Waals surface area (Å²) in [6, 6.07) is 6.38. The molecule has 0 spiro atoms. The van der Waals surface area contributed by atoms with Crippen LogP contribution in [-0.2, 0) is 5.41 Å².